The number of carbonyl (C=O) groups is 3. The van der Waals surface area contributed by atoms with E-state index < -0.39 is 57.8 Å². The Hall–Kier alpha value is -3.86. The van der Waals surface area contributed by atoms with Gasteiger partial charge in [0.15, 0.2) is 6.10 Å². The lowest BCUT2D eigenvalue weighted by molar-refractivity contribution is -0.161. The monoisotopic (exact) mass is 1110 g/mol. The Morgan fingerprint density at radius 2 is 0.679 bits per heavy atom. The average Bonchev–Trinajstić information content (AvgIpc) is 3.43. The standard InChI is InChI=1S/C66H111O11P/c1-4-7-10-13-16-19-22-25-28-31-34-37-40-43-46-49-52-55-64(68)73-59-63(77-66(70)57-54-51-48-45-42-39-36-33-30-27-24-21-18-15-12-9-6-3)61-75-78(71,72)74-60-62(58-67)76-65(69)56-53-50-47-44-41-38-35-32-29-26-23-20-17-14-11-8-5-2/h8-9,11-12,17-18,20-21,25-30,36,39,45,48,62-63,67H,4-7,10,13-16,19,22-24,31-35,37-38,40-44,46-47,49-61H2,1-3H3,(H,71,72)/b11-8-,12-9-,20-17-,21-18-,28-25-,29-26-,30-27-,39-36-,48-45-. The van der Waals surface area contributed by atoms with Crippen LogP contribution in [0, 0.1) is 0 Å². The average molecular weight is 1110 g/mol. The highest BCUT2D eigenvalue weighted by atomic mass is 31.2. The topological polar surface area (TPSA) is 155 Å². The molecule has 0 aliphatic rings. The molecule has 0 aliphatic carbocycles. The second-order valence-corrected chi connectivity index (χ2v) is 21.6. The minimum atomic E-state index is -4.78. The van der Waals surface area contributed by atoms with Crippen molar-refractivity contribution in [1.82, 2.24) is 0 Å². The maximum atomic E-state index is 12.9. The first-order valence-electron chi connectivity index (χ1n) is 30.8. The summed E-state index contributed by atoms with van der Waals surface area (Å²) < 4.78 is 39.6. The number of hydrogen-bond acceptors (Lipinski definition) is 10. The van der Waals surface area contributed by atoms with Crippen LogP contribution >= 0.6 is 7.82 Å². The minimum Gasteiger partial charge on any atom is -0.462 e. The molecule has 3 atom stereocenters. The Labute approximate surface area is 475 Å². The van der Waals surface area contributed by atoms with Crippen molar-refractivity contribution in [3.63, 3.8) is 0 Å². The fourth-order valence-corrected chi connectivity index (χ4v) is 8.83. The van der Waals surface area contributed by atoms with Gasteiger partial charge in [0.1, 0.15) is 12.7 Å². The molecule has 11 nitrogen and oxygen atoms in total. The fraction of sp³-hybridized carbons (Fsp3) is 0.682. The van der Waals surface area contributed by atoms with E-state index in [9.17, 15) is 28.9 Å². The summed E-state index contributed by atoms with van der Waals surface area (Å²) in [4.78, 5) is 48.7. The van der Waals surface area contributed by atoms with Crippen molar-refractivity contribution in [2.24, 2.45) is 0 Å². The number of esters is 3. The van der Waals surface area contributed by atoms with Crippen LogP contribution < -0.4 is 0 Å². The Morgan fingerprint density at radius 3 is 1.09 bits per heavy atom. The molecule has 12 heteroatoms. The molecular weight excluding hydrogens is 1000 g/mol. The molecule has 0 spiro atoms. The normalized spacial score (nSPS) is 14.1. The molecule has 0 aliphatic heterocycles. The van der Waals surface area contributed by atoms with Gasteiger partial charge in [-0.25, -0.2) is 4.57 Å². The number of carbonyl (C=O) groups excluding carboxylic acids is 3. The molecule has 0 saturated carbocycles. The first kappa shape index (κ1) is 74.1. The highest BCUT2D eigenvalue weighted by Gasteiger charge is 2.28. The highest BCUT2D eigenvalue weighted by molar-refractivity contribution is 7.47. The van der Waals surface area contributed by atoms with Gasteiger partial charge in [-0.15, -0.1) is 0 Å². The number of unbranched alkanes of at least 4 members (excludes halogenated alkanes) is 21. The van der Waals surface area contributed by atoms with E-state index in [2.05, 4.69) is 118 Å². The molecule has 0 saturated heterocycles. The van der Waals surface area contributed by atoms with Crippen LogP contribution in [0.25, 0.3) is 0 Å². The molecule has 0 fully saturated rings. The molecule has 0 rings (SSSR count). The zero-order valence-electron chi connectivity index (χ0n) is 49.3. The maximum Gasteiger partial charge on any atom is 0.472 e. The number of rotatable bonds is 56. The summed E-state index contributed by atoms with van der Waals surface area (Å²) in [7, 11) is -4.78. The van der Waals surface area contributed by atoms with Gasteiger partial charge in [-0.2, -0.15) is 0 Å². The van der Waals surface area contributed by atoms with E-state index in [1.165, 1.54) is 70.6 Å². The van der Waals surface area contributed by atoms with E-state index in [0.29, 0.717) is 25.7 Å². The van der Waals surface area contributed by atoms with Gasteiger partial charge in [0.05, 0.1) is 19.8 Å². The minimum absolute atomic E-state index is 0.0836. The largest absolute Gasteiger partial charge is 0.472 e. The first-order chi connectivity index (χ1) is 38.2. The van der Waals surface area contributed by atoms with E-state index in [1.807, 2.05) is 12.2 Å². The van der Waals surface area contributed by atoms with Gasteiger partial charge in [-0.3, -0.25) is 23.4 Å². The predicted molar refractivity (Wildman–Crippen MR) is 325 cm³/mol. The number of aliphatic hydroxyl groups is 1. The van der Waals surface area contributed by atoms with E-state index >= 15 is 0 Å². The summed E-state index contributed by atoms with van der Waals surface area (Å²) in [6.07, 6.45) is 71.9. The predicted octanol–water partition coefficient (Wildman–Crippen LogP) is 18.6. The summed E-state index contributed by atoms with van der Waals surface area (Å²) in [6.45, 7) is 4.35. The number of ether oxygens (including phenoxy) is 3. The van der Waals surface area contributed by atoms with Gasteiger partial charge in [0, 0.05) is 19.3 Å². The second kappa shape index (κ2) is 59.3. The van der Waals surface area contributed by atoms with Crippen LogP contribution in [0.4, 0.5) is 0 Å². The molecule has 2 N–H and O–H groups in total. The van der Waals surface area contributed by atoms with E-state index in [4.69, 9.17) is 23.3 Å². The Kier molecular flexibility index (Phi) is 56.3. The second-order valence-electron chi connectivity index (χ2n) is 20.1. The maximum absolute atomic E-state index is 12.9. The van der Waals surface area contributed by atoms with Crippen LogP contribution in [0.15, 0.2) is 109 Å². The van der Waals surface area contributed by atoms with E-state index in [0.717, 1.165) is 116 Å². The van der Waals surface area contributed by atoms with Gasteiger partial charge in [-0.1, -0.05) is 226 Å². The van der Waals surface area contributed by atoms with Crippen LogP contribution in [0.2, 0.25) is 0 Å². The summed E-state index contributed by atoms with van der Waals surface area (Å²) in [6, 6.07) is 0. The van der Waals surface area contributed by atoms with Crippen LogP contribution in [0.5, 0.6) is 0 Å². The number of allylic oxidation sites excluding steroid dienone is 18. The van der Waals surface area contributed by atoms with E-state index in [-0.39, 0.29) is 25.9 Å². The van der Waals surface area contributed by atoms with Crippen molar-refractivity contribution in [2.45, 2.75) is 264 Å². The zero-order chi connectivity index (χ0) is 56.9. The summed E-state index contributed by atoms with van der Waals surface area (Å²) in [5.41, 5.74) is 0. The first-order valence-corrected chi connectivity index (χ1v) is 32.3. The lowest BCUT2D eigenvalue weighted by Crippen LogP contribution is -2.30. The third kappa shape index (κ3) is 56.8. The molecule has 0 amide bonds. The van der Waals surface area contributed by atoms with Crippen molar-refractivity contribution in [3.8, 4) is 0 Å². The molecule has 78 heavy (non-hydrogen) atoms. The van der Waals surface area contributed by atoms with Crippen LogP contribution in [0.3, 0.4) is 0 Å². The molecule has 0 aromatic heterocycles. The van der Waals surface area contributed by atoms with Crippen LogP contribution in [0.1, 0.15) is 252 Å². The van der Waals surface area contributed by atoms with Crippen molar-refractivity contribution in [3.05, 3.63) is 109 Å². The van der Waals surface area contributed by atoms with Gasteiger partial charge in [0.2, 0.25) is 0 Å². The molecule has 0 aromatic carbocycles. The summed E-state index contributed by atoms with van der Waals surface area (Å²) >= 11 is 0. The van der Waals surface area contributed by atoms with Crippen molar-refractivity contribution < 1.29 is 52.2 Å². The molecule has 0 aromatic rings. The number of aliphatic hydroxyl groups excluding tert-OH is 1. The fourth-order valence-electron chi connectivity index (χ4n) is 8.05. The Balaban J connectivity index is 4.80. The Morgan fingerprint density at radius 1 is 0.372 bits per heavy atom. The SMILES string of the molecule is CC/C=C\C/C=C\C/C=C\C/C=C\C/C=C\CCCC(=O)OC(COC(=O)CCCCCCCCC/C=C\CCCCCCCC)COP(=O)(O)OCC(CO)OC(=O)CCCCCCCCC/C=C\C/C=C\C/C=C\CC. The van der Waals surface area contributed by atoms with Gasteiger partial charge < -0.3 is 24.2 Å². The Bertz CT molecular complexity index is 1720. The van der Waals surface area contributed by atoms with Gasteiger partial charge in [0.25, 0.3) is 0 Å². The zero-order valence-corrected chi connectivity index (χ0v) is 50.2. The highest BCUT2D eigenvalue weighted by Crippen LogP contribution is 2.43. The summed E-state index contributed by atoms with van der Waals surface area (Å²) in [5, 5.41) is 9.84. The third-order valence-electron chi connectivity index (χ3n) is 12.7. The molecule has 0 radical (unpaired) electrons. The van der Waals surface area contributed by atoms with Gasteiger partial charge >= 0.3 is 25.7 Å². The quantitative estimate of drug-likeness (QED) is 0.0197. The van der Waals surface area contributed by atoms with Gasteiger partial charge in [-0.05, 0) is 116 Å². The molecular formula is C66H111O11P. The van der Waals surface area contributed by atoms with Crippen molar-refractivity contribution in [2.75, 3.05) is 26.4 Å². The number of phosphoric ester groups is 1. The smallest absolute Gasteiger partial charge is 0.462 e. The number of hydrogen-bond donors (Lipinski definition) is 2. The molecule has 3 unspecified atom stereocenters. The summed E-state index contributed by atoms with van der Waals surface area (Å²) in [5.74, 6) is -1.55. The number of phosphoric acid groups is 1. The molecule has 446 valence electrons. The molecule has 0 bridgehead atoms. The van der Waals surface area contributed by atoms with E-state index in [1.54, 1.807) is 0 Å². The lowest BCUT2D eigenvalue weighted by Gasteiger charge is -2.21. The van der Waals surface area contributed by atoms with Crippen molar-refractivity contribution >= 4 is 25.7 Å². The van der Waals surface area contributed by atoms with Crippen LogP contribution in [-0.2, 0) is 42.2 Å². The molecule has 0 heterocycles. The van der Waals surface area contributed by atoms with Crippen LogP contribution in [-0.4, -0.2) is 66.5 Å². The van der Waals surface area contributed by atoms with Crippen molar-refractivity contribution in [1.29, 1.82) is 0 Å². The third-order valence-corrected chi connectivity index (χ3v) is 13.6. The lowest BCUT2D eigenvalue weighted by atomic mass is 10.1.